The summed E-state index contributed by atoms with van der Waals surface area (Å²) in [4.78, 5) is 0. The predicted molar refractivity (Wildman–Crippen MR) is 65.7 cm³/mol. The molecule has 0 nitrogen and oxygen atoms in total. The van der Waals surface area contributed by atoms with Crippen LogP contribution < -0.4 is 0 Å². The molecule has 2 aromatic carbocycles. The smallest absolute Gasteiger partial charge is 0.0412 e. The Balaban J connectivity index is 2.19. The van der Waals surface area contributed by atoms with E-state index in [9.17, 15) is 0 Å². The van der Waals surface area contributed by atoms with Crippen molar-refractivity contribution in [1.82, 2.24) is 0 Å². The number of hydrogen-bond acceptors (Lipinski definition) is 0. The Morgan fingerprint density at radius 1 is 1.00 bits per heavy atom. The van der Waals surface area contributed by atoms with Gasteiger partial charge in [-0.15, -0.1) is 0 Å². The van der Waals surface area contributed by atoms with E-state index in [2.05, 4.69) is 18.2 Å². The Hall–Kier alpha value is -1.53. The quantitative estimate of drug-likeness (QED) is 0.652. The van der Waals surface area contributed by atoms with E-state index in [0.29, 0.717) is 0 Å². The molecule has 0 aliphatic rings. The lowest BCUT2D eigenvalue weighted by Gasteiger charge is -1.94. The maximum atomic E-state index is 5.87. The molecular formula is C14H10Cl. The Kier molecular flexibility index (Phi) is 3.21. The average molecular weight is 214 g/mol. The summed E-state index contributed by atoms with van der Waals surface area (Å²) in [6, 6.07) is 18.8. The number of hydrogen-bond donors (Lipinski definition) is 0. The van der Waals surface area contributed by atoms with Crippen molar-refractivity contribution < 1.29 is 0 Å². The highest BCUT2D eigenvalue weighted by Crippen LogP contribution is 2.13. The van der Waals surface area contributed by atoms with Gasteiger partial charge in [-0.3, -0.25) is 0 Å². The molecule has 2 aromatic rings. The average Bonchev–Trinajstić information content (AvgIpc) is 2.28. The van der Waals surface area contributed by atoms with Gasteiger partial charge >= 0.3 is 0 Å². The van der Waals surface area contributed by atoms with Crippen molar-refractivity contribution in [2.24, 2.45) is 0 Å². The molecule has 0 atom stereocenters. The standard InChI is InChI=1S/C14H10Cl/c15-14-8-4-7-13(11-14)10-9-12-5-2-1-3-6-12/h1-6,8-11H. The minimum Gasteiger partial charge on any atom is -0.0843 e. The Morgan fingerprint density at radius 3 is 2.53 bits per heavy atom. The molecule has 0 spiro atoms. The van der Waals surface area contributed by atoms with Crippen molar-refractivity contribution in [2.45, 2.75) is 0 Å². The minimum atomic E-state index is 0.737. The first-order valence-electron chi connectivity index (χ1n) is 4.75. The first kappa shape index (κ1) is 10.0. The van der Waals surface area contributed by atoms with Crippen LogP contribution in [-0.4, -0.2) is 0 Å². The van der Waals surface area contributed by atoms with Crippen LogP contribution in [-0.2, 0) is 0 Å². The van der Waals surface area contributed by atoms with Crippen molar-refractivity contribution in [3.05, 3.63) is 70.7 Å². The molecule has 0 amide bonds. The lowest BCUT2D eigenvalue weighted by Crippen LogP contribution is -1.72. The molecule has 0 aliphatic carbocycles. The zero-order chi connectivity index (χ0) is 10.5. The van der Waals surface area contributed by atoms with Gasteiger partial charge in [-0.2, -0.15) is 0 Å². The van der Waals surface area contributed by atoms with Gasteiger partial charge in [0.1, 0.15) is 0 Å². The monoisotopic (exact) mass is 213 g/mol. The fourth-order valence-corrected chi connectivity index (χ4v) is 1.48. The maximum Gasteiger partial charge on any atom is 0.0412 e. The molecule has 73 valence electrons. The van der Waals surface area contributed by atoms with Gasteiger partial charge in [0.2, 0.25) is 0 Å². The van der Waals surface area contributed by atoms with Crippen LogP contribution in [0.1, 0.15) is 11.1 Å². The van der Waals surface area contributed by atoms with Gasteiger partial charge in [0.05, 0.1) is 0 Å². The largest absolute Gasteiger partial charge is 0.0843 e. The fraction of sp³-hybridized carbons (Fsp3) is 0. The molecule has 0 heterocycles. The van der Waals surface area contributed by atoms with Gasteiger partial charge < -0.3 is 0 Å². The lowest BCUT2D eigenvalue weighted by molar-refractivity contribution is 1.63. The summed E-state index contributed by atoms with van der Waals surface area (Å²) in [7, 11) is 0. The van der Waals surface area contributed by atoms with Crippen molar-refractivity contribution in [1.29, 1.82) is 0 Å². The second-order valence-electron chi connectivity index (χ2n) is 3.21. The number of halogens is 1. The molecule has 0 fully saturated rings. The molecule has 2 rings (SSSR count). The molecule has 0 bridgehead atoms. The van der Waals surface area contributed by atoms with Crippen LogP contribution in [0.3, 0.4) is 0 Å². The van der Waals surface area contributed by atoms with Crippen molar-refractivity contribution in [3.8, 4) is 0 Å². The molecular weight excluding hydrogens is 204 g/mol. The van der Waals surface area contributed by atoms with E-state index in [1.807, 2.05) is 48.6 Å². The zero-order valence-corrected chi connectivity index (χ0v) is 8.91. The van der Waals surface area contributed by atoms with E-state index in [4.69, 9.17) is 11.6 Å². The van der Waals surface area contributed by atoms with Gasteiger partial charge in [0.25, 0.3) is 0 Å². The van der Waals surface area contributed by atoms with Crippen molar-refractivity contribution in [3.63, 3.8) is 0 Å². The van der Waals surface area contributed by atoms with Crippen molar-refractivity contribution >= 4 is 23.8 Å². The van der Waals surface area contributed by atoms with E-state index < -0.39 is 0 Å². The highest BCUT2D eigenvalue weighted by Gasteiger charge is 1.89. The predicted octanol–water partition coefficient (Wildman–Crippen LogP) is 4.31. The summed E-state index contributed by atoms with van der Waals surface area (Å²) in [5.41, 5.74) is 2.16. The number of rotatable bonds is 2. The van der Waals surface area contributed by atoms with Gasteiger partial charge in [0.15, 0.2) is 0 Å². The molecule has 0 aromatic heterocycles. The number of benzene rings is 2. The Morgan fingerprint density at radius 2 is 1.80 bits per heavy atom. The van der Waals surface area contributed by atoms with Crippen LogP contribution in [0, 0.1) is 6.07 Å². The third-order valence-corrected chi connectivity index (χ3v) is 2.28. The molecule has 0 unspecified atom stereocenters. The van der Waals surface area contributed by atoms with E-state index in [-0.39, 0.29) is 0 Å². The third-order valence-electron chi connectivity index (χ3n) is 2.04. The fourth-order valence-electron chi connectivity index (χ4n) is 1.30. The second kappa shape index (κ2) is 4.81. The van der Waals surface area contributed by atoms with Crippen LogP contribution >= 0.6 is 11.6 Å². The molecule has 0 saturated carbocycles. The summed E-state index contributed by atoms with van der Waals surface area (Å²) >= 11 is 5.87. The topological polar surface area (TPSA) is 0 Å². The molecule has 0 saturated heterocycles. The highest BCUT2D eigenvalue weighted by molar-refractivity contribution is 6.30. The van der Waals surface area contributed by atoms with Crippen LogP contribution in [0.15, 0.2) is 48.5 Å². The van der Waals surface area contributed by atoms with E-state index in [0.717, 1.165) is 10.6 Å². The van der Waals surface area contributed by atoms with Crippen LogP contribution in [0.2, 0.25) is 5.02 Å². The van der Waals surface area contributed by atoms with Gasteiger partial charge in [-0.25, -0.2) is 0 Å². The van der Waals surface area contributed by atoms with E-state index >= 15 is 0 Å². The summed E-state index contributed by atoms with van der Waals surface area (Å²) in [6.45, 7) is 0. The SMILES string of the molecule is Clc1cc[c]c(C=Cc2ccccc2)c1. The molecule has 0 N–H and O–H groups in total. The molecule has 0 aliphatic heterocycles. The van der Waals surface area contributed by atoms with Gasteiger partial charge in [-0.1, -0.05) is 60.2 Å². The van der Waals surface area contributed by atoms with Crippen molar-refractivity contribution in [2.75, 3.05) is 0 Å². The summed E-state index contributed by atoms with van der Waals surface area (Å²) in [6.07, 6.45) is 4.05. The zero-order valence-electron chi connectivity index (χ0n) is 8.15. The molecule has 1 radical (unpaired) electrons. The third kappa shape index (κ3) is 2.97. The Bertz CT molecular complexity index is 458. The van der Waals surface area contributed by atoms with Crippen LogP contribution in [0.25, 0.3) is 12.2 Å². The first-order valence-corrected chi connectivity index (χ1v) is 5.13. The summed E-state index contributed by atoms with van der Waals surface area (Å²) in [5, 5.41) is 0.737. The maximum absolute atomic E-state index is 5.87. The summed E-state index contributed by atoms with van der Waals surface area (Å²) < 4.78 is 0. The molecule has 1 heteroatoms. The first-order chi connectivity index (χ1) is 7.34. The van der Waals surface area contributed by atoms with Gasteiger partial charge in [-0.05, 0) is 29.3 Å². The van der Waals surface area contributed by atoms with E-state index in [1.54, 1.807) is 0 Å². The highest BCUT2D eigenvalue weighted by atomic mass is 35.5. The van der Waals surface area contributed by atoms with Gasteiger partial charge in [0, 0.05) is 5.02 Å². The molecule has 15 heavy (non-hydrogen) atoms. The van der Waals surface area contributed by atoms with Crippen LogP contribution in [0.5, 0.6) is 0 Å². The van der Waals surface area contributed by atoms with E-state index in [1.165, 1.54) is 5.56 Å². The Labute approximate surface area is 94.8 Å². The normalized spacial score (nSPS) is 10.7. The lowest BCUT2D eigenvalue weighted by atomic mass is 10.1. The van der Waals surface area contributed by atoms with Crippen LogP contribution in [0.4, 0.5) is 0 Å². The second-order valence-corrected chi connectivity index (χ2v) is 3.64. The minimum absolute atomic E-state index is 0.737. The summed E-state index contributed by atoms with van der Waals surface area (Å²) in [5.74, 6) is 0.